The van der Waals surface area contributed by atoms with E-state index < -0.39 is 0 Å². The maximum absolute atomic E-state index is 4.34. The first-order chi connectivity index (χ1) is 12.7. The first kappa shape index (κ1) is 22.1. The molecule has 0 saturated heterocycles. The van der Waals surface area contributed by atoms with Crippen LogP contribution in [0.3, 0.4) is 0 Å². The molecule has 0 radical (unpaired) electrons. The Hall–Kier alpha value is -1.16. The summed E-state index contributed by atoms with van der Waals surface area (Å²) in [4.78, 5) is 4.34. The van der Waals surface area contributed by atoms with E-state index in [0.717, 1.165) is 54.4 Å². The molecule has 0 aliphatic carbocycles. The number of nitrogens with one attached hydrogen (secondary N) is 2. The molecule has 27 heavy (non-hydrogen) atoms. The third-order valence-electron chi connectivity index (χ3n) is 4.87. The van der Waals surface area contributed by atoms with Crippen molar-refractivity contribution in [2.75, 3.05) is 13.6 Å². The van der Waals surface area contributed by atoms with E-state index in [1.54, 1.807) is 7.05 Å². The number of aryl methyl sites for hydroxylation is 1. The molecule has 2 aromatic rings. The van der Waals surface area contributed by atoms with Crippen LogP contribution in [0, 0.1) is 5.92 Å². The maximum Gasteiger partial charge on any atom is 0.191 e. The van der Waals surface area contributed by atoms with Crippen LogP contribution >= 0.6 is 39.9 Å². The Balaban J connectivity index is 0.00000261. The molecule has 6 nitrogen and oxygen atoms in total. The first-order valence-electron chi connectivity index (χ1n) is 9.29. The monoisotopic (exact) mass is 546 g/mol. The normalized spacial score (nSPS) is 14.4. The van der Waals surface area contributed by atoms with E-state index in [1.807, 2.05) is 0 Å². The van der Waals surface area contributed by atoms with Crippen LogP contribution in [0.1, 0.15) is 37.0 Å². The van der Waals surface area contributed by atoms with Gasteiger partial charge in [-0.05, 0) is 36.5 Å². The van der Waals surface area contributed by atoms with Crippen molar-refractivity contribution in [3.8, 4) is 0 Å². The Morgan fingerprint density at radius 2 is 2.19 bits per heavy atom. The van der Waals surface area contributed by atoms with Crippen molar-refractivity contribution in [3.05, 3.63) is 46.0 Å². The third-order valence-corrected chi connectivity index (χ3v) is 5.37. The predicted molar refractivity (Wildman–Crippen MR) is 124 cm³/mol. The van der Waals surface area contributed by atoms with Gasteiger partial charge in [-0.2, -0.15) is 0 Å². The van der Waals surface area contributed by atoms with Crippen LogP contribution in [0.25, 0.3) is 0 Å². The average Bonchev–Trinajstić information content (AvgIpc) is 3.25. The quantitative estimate of drug-likeness (QED) is 0.317. The lowest BCUT2D eigenvalue weighted by atomic mass is 9.97. The van der Waals surface area contributed by atoms with Crippen molar-refractivity contribution < 1.29 is 0 Å². The van der Waals surface area contributed by atoms with Gasteiger partial charge in [0.2, 0.25) is 0 Å². The summed E-state index contributed by atoms with van der Waals surface area (Å²) in [7, 11) is 1.80. The number of aliphatic imine (C=N–C) groups is 1. The fourth-order valence-electron chi connectivity index (χ4n) is 3.32. The summed E-state index contributed by atoms with van der Waals surface area (Å²) in [5.74, 6) is 3.46. The van der Waals surface area contributed by atoms with Crippen LogP contribution in [0.5, 0.6) is 0 Å². The molecule has 0 bridgehead atoms. The molecule has 1 aliphatic rings. The number of hydrogen-bond acceptors (Lipinski definition) is 3. The number of fused-ring (bicyclic) bond motifs is 1. The molecule has 148 valence electrons. The number of benzene rings is 1. The highest BCUT2D eigenvalue weighted by Crippen LogP contribution is 2.17. The predicted octanol–water partition coefficient (Wildman–Crippen LogP) is 3.54. The summed E-state index contributed by atoms with van der Waals surface area (Å²) in [6, 6.07) is 8.54. The fourth-order valence-corrected chi connectivity index (χ4v) is 3.77. The van der Waals surface area contributed by atoms with E-state index in [4.69, 9.17) is 0 Å². The van der Waals surface area contributed by atoms with E-state index in [1.165, 1.54) is 12.0 Å². The molecule has 0 saturated carbocycles. The second-order valence-corrected chi connectivity index (χ2v) is 7.62. The first-order valence-corrected chi connectivity index (χ1v) is 10.1. The van der Waals surface area contributed by atoms with Crippen molar-refractivity contribution in [2.45, 2.75) is 45.7 Å². The molecule has 1 aromatic heterocycles. The molecule has 0 spiro atoms. The van der Waals surface area contributed by atoms with Crippen LogP contribution in [-0.2, 0) is 25.9 Å². The molecule has 1 unspecified atom stereocenters. The summed E-state index contributed by atoms with van der Waals surface area (Å²) in [6.45, 7) is 4.80. The number of aromatic nitrogens is 3. The summed E-state index contributed by atoms with van der Waals surface area (Å²) >= 11 is 3.55. The fraction of sp³-hybridized carbons (Fsp3) is 0.526. The minimum absolute atomic E-state index is 0. The Morgan fingerprint density at radius 3 is 2.93 bits per heavy atom. The summed E-state index contributed by atoms with van der Waals surface area (Å²) in [5, 5.41) is 15.4. The van der Waals surface area contributed by atoms with Gasteiger partial charge in [-0.3, -0.25) is 4.99 Å². The second kappa shape index (κ2) is 11.0. The second-order valence-electron chi connectivity index (χ2n) is 6.70. The van der Waals surface area contributed by atoms with Crippen LogP contribution in [-0.4, -0.2) is 34.3 Å². The Bertz CT molecular complexity index is 760. The van der Waals surface area contributed by atoms with Gasteiger partial charge in [0.1, 0.15) is 5.82 Å². The van der Waals surface area contributed by atoms with E-state index in [9.17, 15) is 0 Å². The van der Waals surface area contributed by atoms with Gasteiger partial charge >= 0.3 is 0 Å². The molecule has 8 heteroatoms. The number of rotatable bonds is 7. The smallest absolute Gasteiger partial charge is 0.191 e. The SMILES string of the molecule is CCC(CNC(=NC)NCc1nnc2n1CCC2)Cc1cccc(Br)c1.I. The van der Waals surface area contributed by atoms with E-state index in [0.29, 0.717) is 12.5 Å². The van der Waals surface area contributed by atoms with Crippen molar-refractivity contribution in [3.63, 3.8) is 0 Å². The van der Waals surface area contributed by atoms with Gasteiger partial charge in [-0.15, -0.1) is 34.2 Å². The third kappa shape index (κ3) is 6.17. The van der Waals surface area contributed by atoms with E-state index >= 15 is 0 Å². The number of hydrogen-bond donors (Lipinski definition) is 2. The van der Waals surface area contributed by atoms with Crippen molar-refractivity contribution in [1.82, 2.24) is 25.4 Å². The Labute approximate surface area is 186 Å². The van der Waals surface area contributed by atoms with Gasteiger partial charge in [-0.25, -0.2) is 0 Å². The highest BCUT2D eigenvalue weighted by atomic mass is 127. The molecule has 1 atom stereocenters. The maximum atomic E-state index is 4.34. The topological polar surface area (TPSA) is 67.1 Å². The summed E-state index contributed by atoms with van der Waals surface area (Å²) in [5.41, 5.74) is 1.36. The molecule has 1 aliphatic heterocycles. The molecular weight excluding hydrogens is 519 g/mol. The lowest BCUT2D eigenvalue weighted by Gasteiger charge is -2.18. The summed E-state index contributed by atoms with van der Waals surface area (Å²) < 4.78 is 3.35. The molecule has 2 N–H and O–H groups in total. The van der Waals surface area contributed by atoms with E-state index in [2.05, 4.69) is 77.5 Å². The van der Waals surface area contributed by atoms with Gasteiger partial charge in [-0.1, -0.05) is 41.4 Å². The molecule has 3 rings (SSSR count). The molecule has 2 heterocycles. The largest absolute Gasteiger partial charge is 0.356 e. The molecular formula is C19H28BrIN6. The van der Waals surface area contributed by atoms with Crippen molar-refractivity contribution in [2.24, 2.45) is 10.9 Å². The van der Waals surface area contributed by atoms with Gasteiger partial charge in [0.05, 0.1) is 6.54 Å². The molecule has 0 amide bonds. The van der Waals surface area contributed by atoms with Crippen LogP contribution < -0.4 is 10.6 Å². The van der Waals surface area contributed by atoms with Crippen molar-refractivity contribution >= 4 is 45.9 Å². The average molecular weight is 547 g/mol. The highest BCUT2D eigenvalue weighted by Gasteiger charge is 2.17. The zero-order chi connectivity index (χ0) is 18.4. The molecule has 0 fully saturated rings. The van der Waals surface area contributed by atoms with Crippen LogP contribution in [0.4, 0.5) is 0 Å². The number of halogens is 2. The van der Waals surface area contributed by atoms with Crippen LogP contribution in [0.2, 0.25) is 0 Å². The minimum atomic E-state index is 0. The van der Waals surface area contributed by atoms with Crippen molar-refractivity contribution in [1.29, 1.82) is 0 Å². The van der Waals surface area contributed by atoms with Gasteiger partial charge in [0.25, 0.3) is 0 Å². The molecule has 1 aromatic carbocycles. The Morgan fingerprint density at radius 1 is 1.33 bits per heavy atom. The number of nitrogens with zero attached hydrogens (tertiary/aromatic N) is 4. The van der Waals surface area contributed by atoms with Crippen LogP contribution in [0.15, 0.2) is 33.7 Å². The minimum Gasteiger partial charge on any atom is -0.356 e. The summed E-state index contributed by atoms with van der Waals surface area (Å²) in [6.07, 6.45) is 4.37. The Kier molecular flexibility index (Phi) is 9.01. The lowest BCUT2D eigenvalue weighted by molar-refractivity contribution is 0.493. The van der Waals surface area contributed by atoms with Gasteiger partial charge < -0.3 is 15.2 Å². The van der Waals surface area contributed by atoms with Gasteiger partial charge in [0, 0.05) is 31.0 Å². The zero-order valence-corrected chi connectivity index (χ0v) is 19.8. The zero-order valence-electron chi connectivity index (χ0n) is 15.9. The van der Waals surface area contributed by atoms with E-state index in [-0.39, 0.29) is 24.0 Å². The van der Waals surface area contributed by atoms with Gasteiger partial charge in [0.15, 0.2) is 11.8 Å². The number of guanidine groups is 1. The standard InChI is InChI=1S/C19H27BrN6.HI/c1-3-14(10-15-6-4-7-16(20)11-15)12-22-19(21-2)23-13-18-25-24-17-8-5-9-26(17)18;/h4,6-7,11,14H,3,5,8-10,12-13H2,1-2H3,(H2,21,22,23);1H. The highest BCUT2D eigenvalue weighted by molar-refractivity contribution is 14.0. The lowest BCUT2D eigenvalue weighted by Crippen LogP contribution is -2.40.